The van der Waals surface area contributed by atoms with Crippen molar-refractivity contribution in [3.63, 3.8) is 0 Å². The normalized spacial score (nSPS) is 12.8. The van der Waals surface area contributed by atoms with E-state index in [4.69, 9.17) is 78.7 Å². The first-order valence-corrected chi connectivity index (χ1v) is 16.3. The molecular weight excluding hydrogens is 764 g/mol. The minimum absolute atomic E-state index is 0.165. The molecule has 4 heterocycles. The van der Waals surface area contributed by atoms with Crippen molar-refractivity contribution >= 4 is 23.9 Å². The van der Waals surface area contributed by atoms with E-state index < -0.39 is 55.7 Å². The number of carboxylic acid groups (broad SMARTS) is 4. The van der Waals surface area contributed by atoms with Crippen LogP contribution in [0.25, 0.3) is 0 Å². The number of aliphatic hydroxyl groups is 4. The largest absolute Gasteiger partial charge is 0.478 e. The number of hydrogen-bond donors (Lipinski definition) is 8. The van der Waals surface area contributed by atoms with E-state index in [1.54, 1.807) is 24.3 Å². The third kappa shape index (κ3) is 11.5. The summed E-state index contributed by atoms with van der Waals surface area (Å²) in [6, 6.07) is 18.1. The Morgan fingerprint density at radius 3 is 0.719 bits per heavy atom. The second-order valence-corrected chi connectivity index (χ2v) is 11.6. The van der Waals surface area contributed by atoms with Crippen LogP contribution in [0.2, 0.25) is 0 Å². The van der Waals surface area contributed by atoms with Gasteiger partial charge >= 0.3 is 23.9 Å². The van der Waals surface area contributed by atoms with Crippen molar-refractivity contribution in [3.05, 3.63) is 95.1 Å². The van der Waals surface area contributed by atoms with Gasteiger partial charge in [-0.1, -0.05) is 0 Å². The molecule has 20 heteroatoms. The monoisotopic (exact) mass is 800 g/mol. The average molecular weight is 801 g/mol. The fourth-order valence-corrected chi connectivity index (χ4v) is 4.42. The summed E-state index contributed by atoms with van der Waals surface area (Å²) in [5.41, 5.74) is -0.281. The van der Waals surface area contributed by atoms with Crippen LogP contribution in [-0.2, 0) is 0 Å². The molecule has 304 valence electrons. The van der Waals surface area contributed by atoms with Gasteiger partial charge < -0.3 is 78.7 Å². The highest BCUT2D eigenvalue weighted by molar-refractivity contribution is 5.90. The lowest BCUT2D eigenvalue weighted by Gasteiger charge is -2.23. The fourth-order valence-electron chi connectivity index (χ4n) is 4.42. The number of carbonyl (C=O) groups is 4. The predicted molar refractivity (Wildman–Crippen MR) is 189 cm³/mol. The van der Waals surface area contributed by atoms with E-state index in [1.165, 1.54) is 48.5 Å². The molecule has 0 saturated carbocycles. The highest BCUT2D eigenvalue weighted by Gasteiger charge is 2.26. The summed E-state index contributed by atoms with van der Waals surface area (Å²) in [5, 5.41) is 68.5. The van der Waals surface area contributed by atoms with Gasteiger partial charge in [0.1, 0.15) is 0 Å². The quantitative estimate of drug-likeness (QED) is 0.127. The van der Waals surface area contributed by atoms with Crippen molar-refractivity contribution in [1.82, 2.24) is 0 Å². The SMILES string of the molecule is O=C(O)c1ccc2c(c1)OCO2.O=C(O)c1ccc2c(c1)OCO2.O=C(O)c1ccc2c(c1)OCO2.O=C(O)c1ccc2c(c1)OCO2.OCC(CO)(CO)CO. The molecule has 0 saturated heterocycles. The van der Waals surface area contributed by atoms with E-state index in [2.05, 4.69) is 0 Å². The Bertz CT molecular complexity index is 1750. The number of aromatic carboxylic acids is 4. The molecule has 4 aliphatic rings. The fraction of sp³-hybridized carbons (Fsp3) is 0.243. The summed E-state index contributed by atoms with van der Waals surface area (Å²) in [6.45, 7) is -0.965. The van der Waals surface area contributed by atoms with Crippen LogP contribution in [0.5, 0.6) is 46.0 Å². The van der Waals surface area contributed by atoms with E-state index >= 15 is 0 Å². The van der Waals surface area contributed by atoms with Gasteiger partial charge in [0.25, 0.3) is 0 Å². The van der Waals surface area contributed by atoms with E-state index in [-0.39, 0.29) is 49.4 Å². The first-order chi connectivity index (χ1) is 27.3. The maximum absolute atomic E-state index is 10.5. The smallest absolute Gasteiger partial charge is 0.335 e. The lowest BCUT2D eigenvalue weighted by atomic mass is 9.93. The van der Waals surface area contributed by atoms with Crippen LogP contribution in [0.4, 0.5) is 0 Å². The van der Waals surface area contributed by atoms with Crippen LogP contribution in [0, 0.1) is 5.41 Å². The first kappa shape index (κ1) is 42.7. The number of rotatable bonds is 8. The minimum atomic E-state index is -1.11. The number of ether oxygens (including phenoxy) is 8. The number of benzene rings is 4. The zero-order valence-electron chi connectivity index (χ0n) is 29.6. The molecule has 57 heavy (non-hydrogen) atoms. The van der Waals surface area contributed by atoms with E-state index in [0.29, 0.717) is 46.0 Å². The molecule has 20 nitrogen and oxygen atoms in total. The van der Waals surface area contributed by atoms with Crippen LogP contribution in [0.15, 0.2) is 72.8 Å². The maximum atomic E-state index is 10.5. The minimum Gasteiger partial charge on any atom is -0.478 e. The summed E-state index contributed by atoms with van der Waals surface area (Å²) in [7, 11) is 0. The molecule has 0 aliphatic carbocycles. The van der Waals surface area contributed by atoms with Crippen molar-refractivity contribution < 1.29 is 97.9 Å². The summed E-state index contributed by atoms with van der Waals surface area (Å²) < 4.78 is 40.1. The van der Waals surface area contributed by atoms with Gasteiger partial charge in [0, 0.05) is 0 Å². The average Bonchev–Trinajstić information content (AvgIpc) is 4.06. The molecule has 8 N–H and O–H groups in total. The predicted octanol–water partition coefficient (Wildman–Crippen LogP) is 2.40. The number of fused-ring (bicyclic) bond motifs is 4. The van der Waals surface area contributed by atoms with Crippen LogP contribution >= 0.6 is 0 Å². The number of carboxylic acids is 4. The van der Waals surface area contributed by atoms with Crippen molar-refractivity contribution in [2.75, 3.05) is 53.6 Å². The standard InChI is InChI=1S/4C8H6O4.C5H12O4/c4*9-8(10)5-1-2-6-7(3-5)12-4-11-6;6-1-5(2-7,3-8)4-9/h4*1-3H,4H2,(H,9,10);6-9H,1-4H2. The van der Waals surface area contributed by atoms with Crippen LogP contribution in [-0.4, -0.2) is 118 Å². The Morgan fingerprint density at radius 1 is 0.368 bits per heavy atom. The van der Waals surface area contributed by atoms with Crippen LogP contribution < -0.4 is 37.9 Å². The maximum Gasteiger partial charge on any atom is 0.335 e. The highest BCUT2D eigenvalue weighted by atomic mass is 16.7. The summed E-state index contributed by atoms with van der Waals surface area (Å²) in [5.74, 6) is 0.512. The molecule has 0 fully saturated rings. The molecular formula is C37H36O20. The zero-order chi connectivity index (χ0) is 41.5. The highest BCUT2D eigenvalue weighted by Crippen LogP contribution is 2.35. The molecule has 4 aromatic carbocycles. The topological polar surface area (TPSA) is 304 Å². The summed E-state index contributed by atoms with van der Waals surface area (Å²) in [4.78, 5) is 42.0. The second kappa shape index (κ2) is 20.1. The molecule has 8 rings (SSSR count). The molecule has 0 spiro atoms. The van der Waals surface area contributed by atoms with Crippen molar-refractivity contribution in [3.8, 4) is 46.0 Å². The molecule has 4 aromatic rings. The van der Waals surface area contributed by atoms with Gasteiger partial charge in [0.15, 0.2) is 46.0 Å². The van der Waals surface area contributed by atoms with Crippen molar-refractivity contribution in [2.24, 2.45) is 5.41 Å². The number of hydrogen-bond acceptors (Lipinski definition) is 16. The Hall–Kier alpha value is -7.00. The van der Waals surface area contributed by atoms with Crippen molar-refractivity contribution in [1.29, 1.82) is 0 Å². The van der Waals surface area contributed by atoms with Gasteiger partial charge in [0.05, 0.1) is 54.1 Å². The van der Waals surface area contributed by atoms with Crippen LogP contribution in [0.1, 0.15) is 41.4 Å². The lowest BCUT2D eigenvalue weighted by molar-refractivity contribution is -0.0328. The lowest BCUT2D eigenvalue weighted by Crippen LogP contribution is -2.37. The van der Waals surface area contributed by atoms with Crippen LogP contribution in [0.3, 0.4) is 0 Å². The van der Waals surface area contributed by atoms with Crippen molar-refractivity contribution in [2.45, 2.75) is 0 Å². The van der Waals surface area contributed by atoms with Gasteiger partial charge in [-0.3, -0.25) is 0 Å². The van der Waals surface area contributed by atoms with Gasteiger partial charge in [-0.05, 0) is 72.8 Å². The molecule has 0 unspecified atom stereocenters. The Balaban J connectivity index is 0.000000159. The van der Waals surface area contributed by atoms with Gasteiger partial charge in [-0.25, -0.2) is 19.2 Å². The van der Waals surface area contributed by atoms with E-state index in [1.807, 2.05) is 0 Å². The molecule has 4 aliphatic heterocycles. The molecule has 0 atom stereocenters. The van der Waals surface area contributed by atoms with Gasteiger partial charge in [0.2, 0.25) is 27.2 Å². The third-order valence-electron chi connectivity index (χ3n) is 7.82. The Morgan fingerprint density at radius 2 is 0.561 bits per heavy atom. The third-order valence-corrected chi connectivity index (χ3v) is 7.82. The molecule has 0 amide bonds. The zero-order valence-corrected chi connectivity index (χ0v) is 29.6. The van der Waals surface area contributed by atoms with E-state index in [9.17, 15) is 19.2 Å². The summed E-state index contributed by atoms with van der Waals surface area (Å²) in [6.07, 6.45) is 0. The number of aliphatic hydroxyl groups excluding tert-OH is 4. The van der Waals surface area contributed by atoms with E-state index in [0.717, 1.165) is 0 Å². The molecule has 0 bridgehead atoms. The van der Waals surface area contributed by atoms with Gasteiger partial charge in [-0.2, -0.15) is 0 Å². The second-order valence-electron chi connectivity index (χ2n) is 11.6. The Kier molecular flexibility index (Phi) is 15.0. The Labute approximate surface area is 321 Å². The molecule has 0 radical (unpaired) electrons. The first-order valence-electron chi connectivity index (χ1n) is 16.3. The van der Waals surface area contributed by atoms with Gasteiger partial charge in [-0.15, -0.1) is 0 Å². The summed E-state index contributed by atoms with van der Waals surface area (Å²) >= 11 is 0. The molecule has 0 aromatic heterocycles.